The first-order chi connectivity index (χ1) is 14.8. The summed E-state index contributed by atoms with van der Waals surface area (Å²) in [6.07, 6.45) is 0.685. The first-order valence-electron chi connectivity index (χ1n) is 10.0. The number of benzene rings is 3. The summed E-state index contributed by atoms with van der Waals surface area (Å²) < 4.78 is 27.9. The third kappa shape index (κ3) is 5.66. The molecule has 3 rings (SSSR count). The number of sulfonamides is 1. The number of rotatable bonds is 8. The number of hydrogen-bond acceptors (Lipinski definition) is 3. The van der Waals surface area contributed by atoms with Crippen LogP contribution in [0.5, 0.6) is 0 Å². The molecule has 0 aliphatic carbocycles. The van der Waals surface area contributed by atoms with Gasteiger partial charge in [0.05, 0.1) is 16.6 Å². The molecule has 31 heavy (non-hydrogen) atoms. The van der Waals surface area contributed by atoms with Crippen molar-refractivity contribution in [2.45, 2.75) is 31.2 Å². The summed E-state index contributed by atoms with van der Waals surface area (Å²) in [5, 5.41) is 3.40. The van der Waals surface area contributed by atoms with E-state index >= 15 is 0 Å². The first kappa shape index (κ1) is 22.8. The number of carbonyl (C=O) groups excluding carboxylic acids is 1. The second-order valence-electron chi connectivity index (χ2n) is 7.24. The van der Waals surface area contributed by atoms with Crippen LogP contribution in [0, 0.1) is 6.92 Å². The van der Waals surface area contributed by atoms with Crippen molar-refractivity contribution in [2.75, 3.05) is 10.8 Å². The third-order valence-electron chi connectivity index (χ3n) is 4.96. The van der Waals surface area contributed by atoms with Crippen molar-refractivity contribution < 1.29 is 13.2 Å². The van der Waals surface area contributed by atoms with E-state index in [9.17, 15) is 13.2 Å². The Hall–Kier alpha value is -2.83. The minimum Gasteiger partial charge on any atom is -0.348 e. The molecule has 0 heterocycles. The molecule has 0 fully saturated rings. The summed E-state index contributed by atoms with van der Waals surface area (Å²) >= 11 is 5.92. The number of anilines is 1. The van der Waals surface area contributed by atoms with Crippen molar-refractivity contribution in [1.29, 1.82) is 0 Å². The molecule has 1 amide bonds. The maximum atomic E-state index is 13.4. The zero-order valence-corrected chi connectivity index (χ0v) is 19.0. The minimum absolute atomic E-state index is 0.0698. The molecule has 0 unspecified atom stereocenters. The second kappa shape index (κ2) is 9.98. The molecule has 0 aliphatic rings. The molecule has 0 saturated heterocycles. The molecule has 0 radical (unpaired) electrons. The summed E-state index contributed by atoms with van der Waals surface area (Å²) in [6, 6.07) is 22.4. The minimum atomic E-state index is -3.97. The Morgan fingerprint density at radius 1 is 0.968 bits per heavy atom. The molecule has 0 saturated carbocycles. The van der Waals surface area contributed by atoms with Gasteiger partial charge in [-0.15, -0.1) is 0 Å². The van der Waals surface area contributed by atoms with Crippen LogP contribution in [0.3, 0.4) is 0 Å². The molecule has 3 aromatic rings. The van der Waals surface area contributed by atoms with Crippen molar-refractivity contribution in [2.24, 2.45) is 0 Å². The Kier molecular flexibility index (Phi) is 7.36. The maximum absolute atomic E-state index is 13.4. The van der Waals surface area contributed by atoms with E-state index in [1.807, 2.05) is 56.3 Å². The van der Waals surface area contributed by atoms with Gasteiger partial charge in [0.25, 0.3) is 10.0 Å². The van der Waals surface area contributed by atoms with E-state index in [2.05, 4.69) is 5.32 Å². The number of amides is 1. The lowest BCUT2D eigenvalue weighted by molar-refractivity contribution is -0.120. The van der Waals surface area contributed by atoms with E-state index < -0.39 is 10.0 Å². The van der Waals surface area contributed by atoms with Crippen LogP contribution in [0.15, 0.2) is 83.8 Å². The van der Waals surface area contributed by atoms with Gasteiger partial charge in [0.15, 0.2) is 0 Å². The Morgan fingerprint density at radius 3 is 2.16 bits per heavy atom. The van der Waals surface area contributed by atoms with Crippen molar-refractivity contribution in [3.63, 3.8) is 0 Å². The predicted molar refractivity (Wildman–Crippen MR) is 125 cm³/mol. The van der Waals surface area contributed by atoms with E-state index in [0.717, 1.165) is 15.4 Å². The summed E-state index contributed by atoms with van der Waals surface area (Å²) in [7, 11) is -3.97. The van der Waals surface area contributed by atoms with Crippen molar-refractivity contribution in [3.05, 3.63) is 95.0 Å². The standard InChI is InChI=1S/C24H25ClN2O3S/c1-3-23(19-7-5-4-6-8-19)26-24(28)17-27(21-13-9-18(2)10-14-21)31(29,30)22-15-11-20(25)12-16-22/h4-16,23H,3,17H2,1-2H3,(H,26,28)/t23-/m0/s1. The highest BCUT2D eigenvalue weighted by molar-refractivity contribution is 7.92. The van der Waals surface area contributed by atoms with Crippen LogP contribution in [-0.4, -0.2) is 20.9 Å². The highest BCUT2D eigenvalue weighted by Gasteiger charge is 2.28. The molecular weight excluding hydrogens is 432 g/mol. The van der Waals surface area contributed by atoms with Gasteiger partial charge in [-0.2, -0.15) is 0 Å². The SMILES string of the molecule is CC[C@H](NC(=O)CN(c1ccc(C)cc1)S(=O)(=O)c1ccc(Cl)cc1)c1ccccc1. The van der Waals surface area contributed by atoms with E-state index in [0.29, 0.717) is 17.1 Å². The van der Waals surface area contributed by atoms with E-state index in [4.69, 9.17) is 11.6 Å². The predicted octanol–water partition coefficient (Wildman–Crippen LogP) is 5.11. The average molecular weight is 457 g/mol. The molecule has 3 aromatic carbocycles. The van der Waals surface area contributed by atoms with Gasteiger partial charge in [-0.05, 0) is 55.3 Å². The molecular formula is C24H25ClN2O3S. The fraction of sp³-hybridized carbons (Fsp3) is 0.208. The zero-order chi connectivity index (χ0) is 22.4. The number of carbonyl (C=O) groups is 1. The average Bonchev–Trinajstić information content (AvgIpc) is 2.77. The molecule has 0 aliphatic heterocycles. The summed E-state index contributed by atoms with van der Waals surface area (Å²) in [6.45, 7) is 3.55. The maximum Gasteiger partial charge on any atom is 0.264 e. The molecule has 0 aromatic heterocycles. The van der Waals surface area contributed by atoms with Gasteiger partial charge < -0.3 is 5.32 Å². The fourth-order valence-corrected chi connectivity index (χ4v) is 4.78. The van der Waals surface area contributed by atoms with Crippen LogP contribution in [0.1, 0.15) is 30.5 Å². The van der Waals surface area contributed by atoms with Crippen molar-refractivity contribution >= 4 is 33.2 Å². The van der Waals surface area contributed by atoms with Gasteiger partial charge >= 0.3 is 0 Å². The van der Waals surface area contributed by atoms with Gasteiger partial charge in [0.2, 0.25) is 5.91 Å². The van der Waals surface area contributed by atoms with Gasteiger partial charge in [-0.3, -0.25) is 9.10 Å². The van der Waals surface area contributed by atoms with Gasteiger partial charge in [-0.1, -0.05) is 66.6 Å². The van der Waals surface area contributed by atoms with Crippen molar-refractivity contribution in [1.82, 2.24) is 5.32 Å². The monoisotopic (exact) mass is 456 g/mol. The third-order valence-corrected chi connectivity index (χ3v) is 7.00. The Labute approximate surface area is 188 Å². The smallest absolute Gasteiger partial charge is 0.264 e. The van der Waals surface area contributed by atoms with Crippen LogP contribution < -0.4 is 9.62 Å². The quantitative estimate of drug-likeness (QED) is 0.512. The van der Waals surface area contributed by atoms with Crippen LogP contribution in [0.2, 0.25) is 5.02 Å². The van der Waals surface area contributed by atoms with Crippen LogP contribution in [-0.2, 0) is 14.8 Å². The molecule has 0 bridgehead atoms. The lowest BCUT2D eigenvalue weighted by atomic mass is 10.0. The number of nitrogens with zero attached hydrogens (tertiary/aromatic N) is 1. The summed E-state index contributed by atoms with van der Waals surface area (Å²) in [4.78, 5) is 13.0. The van der Waals surface area contributed by atoms with E-state index in [-0.39, 0.29) is 23.4 Å². The number of hydrogen-bond donors (Lipinski definition) is 1. The number of aryl methyl sites for hydroxylation is 1. The second-order valence-corrected chi connectivity index (χ2v) is 9.54. The van der Waals surface area contributed by atoms with Gasteiger partial charge in [0, 0.05) is 5.02 Å². The number of halogens is 1. The lowest BCUT2D eigenvalue weighted by Crippen LogP contribution is -2.42. The summed E-state index contributed by atoms with van der Waals surface area (Å²) in [5.74, 6) is -0.381. The Morgan fingerprint density at radius 2 is 1.58 bits per heavy atom. The van der Waals surface area contributed by atoms with Crippen LogP contribution in [0.25, 0.3) is 0 Å². The van der Waals surface area contributed by atoms with Gasteiger partial charge in [0.1, 0.15) is 6.54 Å². The normalized spacial score (nSPS) is 12.2. The number of nitrogens with one attached hydrogen (secondary N) is 1. The molecule has 5 nitrogen and oxygen atoms in total. The Bertz CT molecular complexity index is 1120. The van der Waals surface area contributed by atoms with E-state index in [1.54, 1.807) is 12.1 Å². The molecule has 7 heteroatoms. The van der Waals surface area contributed by atoms with Crippen LogP contribution >= 0.6 is 11.6 Å². The molecule has 1 N–H and O–H groups in total. The highest BCUT2D eigenvalue weighted by Crippen LogP contribution is 2.25. The highest BCUT2D eigenvalue weighted by atomic mass is 35.5. The lowest BCUT2D eigenvalue weighted by Gasteiger charge is -2.26. The van der Waals surface area contributed by atoms with E-state index in [1.165, 1.54) is 24.3 Å². The fourth-order valence-electron chi connectivity index (χ4n) is 3.24. The Balaban J connectivity index is 1.90. The van der Waals surface area contributed by atoms with Crippen LogP contribution in [0.4, 0.5) is 5.69 Å². The first-order valence-corrected chi connectivity index (χ1v) is 11.8. The largest absolute Gasteiger partial charge is 0.348 e. The van der Waals surface area contributed by atoms with Gasteiger partial charge in [-0.25, -0.2) is 8.42 Å². The zero-order valence-electron chi connectivity index (χ0n) is 17.5. The molecule has 1 atom stereocenters. The molecule has 0 spiro atoms. The molecule has 162 valence electrons. The topological polar surface area (TPSA) is 66.5 Å². The summed E-state index contributed by atoms with van der Waals surface area (Å²) in [5.41, 5.74) is 2.39. The van der Waals surface area contributed by atoms with Crippen molar-refractivity contribution in [3.8, 4) is 0 Å².